The molecule has 0 aliphatic rings. The monoisotopic (exact) mass is 294 g/mol. The second kappa shape index (κ2) is 6.20. The molecule has 4 N–H and O–H groups in total. The smallest absolute Gasteiger partial charge is 0.319 e. The molecule has 0 aliphatic heterocycles. The van der Waals surface area contributed by atoms with E-state index in [0.717, 1.165) is 12.2 Å². The van der Waals surface area contributed by atoms with E-state index in [1.54, 1.807) is 11.6 Å². The van der Waals surface area contributed by atoms with E-state index in [9.17, 15) is 9.59 Å². The molecule has 0 spiro atoms. The molecule has 0 saturated heterocycles. The van der Waals surface area contributed by atoms with Gasteiger partial charge in [-0.1, -0.05) is 6.92 Å². The molecule has 2 aromatic rings. The van der Waals surface area contributed by atoms with Gasteiger partial charge in [0, 0.05) is 11.8 Å². The van der Waals surface area contributed by atoms with Crippen LogP contribution in [-0.4, -0.2) is 16.9 Å². The Morgan fingerprint density at radius 1 is 1.50 bits per heavy atom. The van der Waals surface area contributed by atoms with Gasteiger partial charge in [-0.25, -0.2) is 9.78 Å². The van der Waals surface area contributed by atoms with Gasteiger partial charge in [-0.15, -0.1) is 11.3 Å². The normalized spacial score (nSPS) is 10.2. The molecule has 106 valence electrons. The van der Waals surface area contributed by atoms with Gasteiger partial charge >= 0.3 is 6.03 Å². The Morgan fingerprint density at radius 2 is 2.30 bits per heavy atom. The van der Waals surface area contributed by atoms with Crippen molar-refractivity contribution in [2.24, 2.45) is 5.73 Å². The lowest BCUT2D eigenvalue weighted by atomic mass is 10.4. The van der Waals surface area contributed by atoms with Crippen molar-refractivity contribution in [3.63, 3.8) is 0 Å². The number of aromatic nitrogens is 1. The Morgan fingerprint density at radius 3 is 2.90 bits per heavy atom. The van der Waals surface area contributed by atoms with E-state index in [4.69, 9.17) is 10.2 Å². The molecule has 2 heterocycles. The van der Waals surface area contributed by atoms with Crippen LogP contribution >= 0.6 is 11.3 Å². The number of urea groups is 1. The van der Waals surface area contributed by atoms with E-state index in [1.165, 1.54) is 17.4 Å². The minimum absolute atomic E-state index is 0.193. The number of carbonyl (C=O) groups is 2. The number of primary amides is 1. The number of amides is 3. The number of nitrogens with two attached hydrogens (primary N) is 1. The van der Waals surface area contributed by atoms with Crippen LogP contribution in [0, 0.1) is 0 Å². The molecule has 0 fully saturated rings. The number of nitrogens with one attached hydrogen (secondary N) is 2. The van der Waals surface area contributed by atoms with Crippen molar-refractivity contribution < 1.29 is 14.0 Å². The van der Waals surface area contributed by atoms with Gasteiger partial charge in [0.1, 0.15) is 5.76 Å². The number of hydrogen-bond acceptors (Lipinski definition) is 5. The van der Waals surface area contributed by atoms with Crippen molar-refractivity contribution >= 4 is 29.0 Å². The van der Waals surface area contributed by atoms with Gasteiger partial charge < -0.3 is 20.8 Å². The van der Waals surface area contributed by atoms with Crippen LogP contribution in [0.5, 0.6) is 0 Å². The summed E-state index contributed by atoms with van der Waals surface area (Å²) >= 11 is 1.17. The predicted molar refractivity (Wildman–Crippen MR) is 74.6 cm³/mol. The Balaban J connectivity index is 1.84. The number of aryl methyl sites for hydroxylation is 1. The number of thiophene rings is 1. The largest absolute Gasteiger partial charge is 0.444 e. The SMILES string of the molecule is CCc1cnc(CNC(=O)Nc2csc(C(N)=O)c2)o1. The second-order valence-corrected chi connectivity index (χ2v) is 4.86. The summed E-state index contributed by atoms with van der Waals surface area (Å²) in [5.41, 5.74) is 5.65. The van der Waals surface area contributed by atoms with Crippen LogP contribution in [0.25, 0.3) is 0 Å². The minimum Gasteiger partial charge on any atom is -0.444 e. The third-order valence-corrected chi connectivity index (χ3v) is 3.40. The quantitative estimate of drug-likeness (QED) is 0.779. The topological polar surface area (TPSA) is 110 Å². The zero-order chi connectivity index (χ0) is 14.5. The molecule has 0 bridgehead atoms. The fourth-order valence-electron chi connectivity index (χ4n) is 1.46. The van der Waals surface area contributed by atoms with Crippen molar-refractivity contribution in [3.05, 3.63) is 34.2 Å². The lowest BCUT2D eigenvalue weighted by Gasteiger charge is -2.03. The van der Waals surface area contributed by atoms with Crippen molar-refractivity contribution in [1.29, 1.82) is 0 Å². The summed E-state index contributed by atoms with van der Waals surface area (Å²) in [6, 6.07) is 1.11. The zero-order valence-corrected chi connectivity index (χ0v) is 11.6. The molecule has 8 heteroatoms. The highest BCUT2D eigenvalue weighted by molar-refractivity contribution is 7.12. The third kappa shape index (κ3) is 3.58. The first-order valence-electron chi connectivity index (χ1n) is 5.95. The van der Waals surface area contributed by atoms with E-state index in [0.29, 0.717) is 16.5 Å². The minimum atomic E-state index is -0.518. The van der Waals surface area contributed by atoms with Crippen molar-refractivity contribution in [3.8, 4) is 0 Å². The lowest BCUT2D eigenvalue weighted by Crippen LogP contribution is -2.28. The van der Waals surface area contributed by atoms with Crippen LogP contribution in [0.15, 0.2) is 22.1 Å². The molecular formula is C12H14N4O3S. The highest BCUT2D eigenvalue weighted by atomic mass is 32.1. The Kier molecular flexibility index (Phi) is 4.36. The molecule has 0 aliphatic carbocycles. The van der Waals surface area contributed by atoms with E-state index >= 15 is 0 Å². The average molecular weight is 294 g/mol. The molecule has 7 nitrogen and oxygen atoms in total. The zero-order valence-electron chi connectivity index (χ0n) is 10.8. The molecule has 0 saturated carbocycles. The van der Waals surface area contributed by atoms with Gasteiger partial charge in [-0.05, 0) is 6.07 Å². The summed E-state index contributed by atoms with van der Waals surface area (Å²) in [6.07, 6.45) is 2.39. The fourth-order valence-corrected chi connectivity index (χ4v) is 2.15. The first kappa shape index (κ1) is 14.1. The number of oxazole rings is 1. The van der Waals surface area contributed by atoms with Crippen LogP contribution in [0.2, 0.25) is 0 Å². The van der Waals surface area contributed by atoms with E-state index < -0.39 is 11.9 Å². The molecule has 3 amide bonds. The van der Waals surface area contributed by atoms with Crippen LogP contribution in [0.1, 0.15) is 28.2 Å². The maximum Gasteiger partial charge on any atom is 0.319 e. The predicted octanol–water partition coefficient (Wildman–Crippen LogP) is 1.72. The van der Waals surface area contributed by atoms with Crippen LogP contribution in [-0.2, 0) is 13.0 Å². The Bertz CT molecular complexity index is 620. The van der Waals surface area contributed by atoms with Gasteiger partial charge in [-0.2, -0.15) is 0 Å². The molecule has 0 unspecified atom stereocenters. The molecule has 20 heavy (non-hydrogen) atoms. The van der Waals surface area contributed by atoms with E-state index in [-0.39, 0.29) is 6.54 Å². The Hall–Kier alpha value is -2.35. The van der Waals surface area contributed by atoms with Crippen LogP contribution in [0.3, 0.4) is 0 Å². The highest BCUT2D eigenvalue weighted by Crippen LogP contribution is 2.18. The highest BCUT2D eigenvalue weighted by Gasteiger charge is 2.09. The number of rotatable bonds is 5. The molecular weight excluding hydrogens is 280 g/mol. The van der Waals surface area contributed by atoms with Gasteiger partial charge in [0.2, 0.25) is 5.89 Å². The summed E-state index contributed by atoms with van der Waals surface area (Å²) < 4.78 is 5.36. The third-order valence-electron chi connectivity index (χ3n) is 2.45. The standard InChI is InChI=1S/C12H14N4O3S/c1-2-8-4-14-10(19-8)5-15-12(18)16-7-3-9(11(13)17)20-6-7/h3-4,6H,2,5H2,1H3,(H2,13,17)(H2,15,16,18). The molecule has 0 radical (unpaired) electrons. The summed E-state index contributed by atoms with van der Waals surface area (Å²) in [7, 11) is 0. The van der Waals surface area contributed by atoms with Crippen molar-refractivity contribution in [1.82, 2.24) is 10.3 Å². The van der Waals surface area contributed by atoms with Gasteiger partial charge in [-0.3, -0.25) is 4.79 Å². The number of hydrogen-bond donors (Lipinski definition) is 3. The lowest BCUT2D eigenvalue weighted by molar-refractivity contribution is 0.100. The van der Waals surface area contributed by atoms with E-state index in [1.807, 2.05) is 6.92 Å². The first-order valence-corrected chi connectivity index (χ1v) is 6.83. The summed E-state index contributed by atoms with van der Waals surface area (Å²) in [6.45, 7) is 2.15. The molecule has 0 atom stereocenters. The van der Waals surface area contributed by atoms with Crippen molar-refractivity contribution in [2.75, 3.05) is 5.32 Å². The molecule has 2 rings (SSSR count). The number of carbonyl (C=O) groups excluding carboxylic acids is 2. The average Bonchev–Trinajstić information content (AvgIpc) is 3.04. The summed E-state index contributed by atoms with van der Waals surface area (Å²) in [4.78, 5) is 27.0. The fraction of sp³-hybridized carbons (Fsp3) is 0.250. The Labute approximate surface area is 119 Å². The van der Waals surface area contributed by atoms with Gasteiger partial charge in [0.25, 0.3) is 5.91 Å². The first-order chi connectivity index (χ1) is 9.58. The van der Waals surface area contributed by atoms with Gasteiger partial charge in [0.15, 0.2) is 0 Å². The maximum absolute atomic E-state index is 11.6. The van der Waals surface area contributed by atoms with Crippen LogP contribution < -0.4 is 16.4 Å². The van der Waals surface area contributed by atoms with Crippen LogP contribution in [0.4, 0.5) is 10.5 Å². The maximum atomic E-state index is 11.6. The molecule has 0 aromatic carbocycles. The number of anilines is 1. The second-order valence-electron chi connectivity index (χ2n) is 3.95. The van der Waals surface area contributed by atoms with E-state index in [2.05, 4.69) is 15.6 Å². The molecule has 2 aromatic heterocycles. The van der Waals surface area contributed by atoms with Gasteiger partial charge in [0.05, 0.1) is 23.3 Å². The van der Waals surface area contributed by atoms with Crippen molar-refractivity contribution in [2.45, 2.75) is 19.9 Å². The summed E-state index contributed by atoms with van der Waals surface area (Å²) in [5, 5.41) is 6.84. The number of nitrogens with zero attached hydrogens (tertiary/aromatic N) is 1. The summed E-state index contributed by atoms with van der Waals surface area (Å²) in [5.74, 6) is 0.696.